The number of carboxylic acid groups (broad SMARTS) is 1. The van der Waals surface area contributed by atoms with Gasteiger partial charge >= 0.3 is 5.97 Å². The molecule has 2 aromatic rings. The number of methoxy groups -OCH3 is 1. The summed E-state index contributed by atoms with van der Waals surface area (Å²) in [5.74, 6) is -0.316. The standard InChI is InChI=1S/C14H17N3O4/c1-20-6-7-21-5-4-15-13-11-3-2-10(14(18)19)8-12(11)16-9-17-13/h2-3,8-9H,4-7H2,1H3,(H,18,19)(H,15,16,17). The molecule has 2 rings (SSSR count). The second-order valence-corrected chi connectivity index (χ2v) is 4.29. The van der Waals surface area contributed by atoms with Crippen molar-refractivity contribution in [3.63, 3.8) is 0 Å². The zero-order chi connectivity index (χ0) is 15.1. The van der Waals surface area contributed by atoms with Crippen LogP contribution in [0, 0.1) is 0 Å². The number of ether oxygens (including phenoxy) is 2. The summed E-state index contributed by atoms with van der Waals surface area (Å²) in [6.07, 6.45) is 1.40. The van der Waals surface area contributed by atoms with Crippen molar-refractivity contribution >= 4 is 22.7 Å². The normalized spacial score (nSPS) is 10.7. The van der Waals surface area contributed by atoms with Gasteiger partial charge in [0.15, 0.2) is 0 Å². The van der Waals surface area contributed by atoms with E-state index in [0.717, 1.165) is 5.39 Å². The van der Waals surface area contributed by atoms with E-state index in [1.165, 1.54) is 18.5 Å². The van der Waals surface area contributed by atoms with Crippen LogP contribution in [0.1, 0.15) is 10.4 Å². The zero-order valence-corrected chi connectivity index (χ0v) is 11.7. The summed E-state index contributed by atoms with van der Waals surface area (Å²) in [6, 6.07) is 4.76. The minimum absolute atomic E-state index is 0.204. The maximum Gasteiger partial charge on any atom is 0.335 e. The third kappa shape index (κ3) is 4.11. The molecule has 0 saturated heterocycles. The third-order valence-corrected chi connectivity index (χ3v) is 2.85. The van der Waals surface area contributed by atoms with Crippen molar-refractivity contribution in [1.29, 1.82) is 0 Å². The van der Waals surface area contributed by atoms with Crippen LogP contribution in [0.5, 0.6) is 0 Å². The van der Waals surface area contributed by atoms with E-state index in [4.69, 9.17) is 14.6 Å². The van der Waals surface area contributed by atoms with E-state index in [9.17, 15) is 4.79 Å². The van der Waals surface area contributed by atoms with E-state index in [1.54, 1.807) is 13.2 Å². The highest BCUT2D eigenvalue weighted by Crippen LogP contribution is 2.20. The fraction of sp³-hybridized carbons (Fsp3) is 0.357. The van der Waals surface area contributed by atoms with E-state index < -0.39 is 5.97 Å². The van der Waals surface area contributed by atoms with Gasteiger partial charge in [-0.15, -0.1) is 0 Å². The van der Waals surface area contributed by atoms with Gasteiger partial charge in [-0.25, -0.2) is 14.8 Å². The lowest BCUT2D eigenvalue weighted by molar-refractivity contribution is 0.0697. The molecule has 1 heterocycles. The number of anilines is 1. The number of fused-ring (bicyclic) bond motifs is 1. The van der Waals surface area contributed by atoms with Gasteiger partial charge in [0.05, 0.1) is 30.9 Å². The number of carbonyl (C=O) groups is 1. The molecule has 2 N–H and O–H groups in total. The number of hydrogen-bond donors (Lipinski definition) is 2. The number of hydrogen-bond acceptors (Lipinski definition) is 6. The van der Waals surface area contributed by atoms with E-state index in [1.807, 2.05) is 0 Å². The van der Waals surface area contributed by atoms with Crippen LogP contribution in [-0.4, -0.2) is 54.5 Å². The number of carboxylic acids is 1. The fourth-order valence-corrected chi connectivity index (χ4v) is 1.82. The Balaban J connectivity index is 2.01. The number of aromatic nitrogens is 2. The number of nitrogens with zero attached hydrogens (tertiary/aromatic N) is 2. The molecule has 0 atom stereocenters. The molecule has 7 heteroatoms. The van der Waals surface area contributed by atoms with Gasteiger partial charge in [-0.2, -0.15) is 0 Å². The Morgan fingerprint density at radius 1 is 1.29 bits per heavy atom. The van der Waals surface area contributed by atoms with Crippen LogP contribution in [0.3, 0.4) is 0 Å². The van der Waals surface area contributed by atoms with E-state index in [-0.39, 0.29) is 5.56 Å². The van der Waals surface area contributed by atoms with Gasteiger partial charge in [-0.3, -0.25) is 0 Å². The Labute approximate surface area is 121 Å². The Hall–Kier alpha value is -2.25. The molecule has 0 bridgehead atoms. The lowest BCUT2D eigenvalue weighted by atomic mass is 10.1. The average Bonchev–Trinajstić information content (AvgIpc) is 2.50. The van der Waals surface area contributed by atoms with Crippen LogP contribution in [-0.2, 0) is 9.47 Å². The Morgan fingerprint density at radius 2 is 2.14 bits per heavy atom. The molecule has 0 spiro atoms. The maximum absolute atomic E-state index is 10.9. The topological polar surface area (TPSA) is 93.6 Å². The summed E-state index contributed by atoms with van der Waals surface area (Å²) >= 11 is 0. The van der Waals surface area contributed by atoms with E-state index in [0.29, 0.717) is 37.7 Å². The highest BCUT2D eigenvalue weighted by molar-refractivity contribution is 5.96. The highest BCUT2D eigenvalue weighted by atomic mass is 16.5. The van der Waals surface area contributed by atoms with Crippen LogP contribution < -0.4 is 5.32 Å². The molecule has 1 aromatic carbocycles. The Morgan fingerprint density at radius 3 is 2.90 bits per heavy atom. The second kappa shape index (κ2) is 7.51. The lowest BCUT2D eigenvalue weighted by Gasteiger charge is -2.09. The minimum Gasteiger partial charge on any atom is -0.478 e. The van der Waals surface area contributed by atoms with Crippen molar-refractivity contribution in [2.24, 2.45) is 0 Å². The summed E-state index contributed by atoms with van der Waals surface area (Å²) in [5, 5.41) is 12.9. The van der Waals surface area contributed by atoms with Gasteiger partial charge in [0.2, 0.25) is 0 Å². The fourth-order valence-electron chi connectivity index (χ4n) is 1.82. The first kappa shape index (κ1) is 15.1. The minimum atomic E-state index is -0.975. The quantitative estimate of drug-likeness (QED) is 0.710. The number of rotatable bonds is 8. The van der Waals surface area contributed by atoms with Crippen molar-refractivity contribution in [3.8, 4) is 0 Å². The third-order valence-electron chi connectivity index (χ3n) is 2.85. The smallest absolute Gasteiger partial charge is 0.335 e. The zero-order valence-electron chi connectivity index (χ0n) is 11.7. The van der Waals surface area contributed by atoms with Crippen molar-refractivity contribution in [1.82, 2.24) is 9.97 Å². The van der Waals surface area contributed by atoms with E-state index in [2.05, 4.69) is 15.3 Å². The molecule has 0 aliphatic heterocycles. The molecule has 0 fully saturated rings. The molecular formula is C14H17N3O4. The summed E-state index contributed by atoms with van der Waals surface area (Å²) in [6.45, 7) is 2.23. The SMILES string of the molecule is COCCOCCNc1ncnc2cc(C(=O)O)ccc12. The Kier molecular flexibility index (Phi) is 5.42. The molecule has 1 aromatic heterocycles. The van der Waals surface area contributed by atoms with Crippen molar-refractivity contribution < 1.29 is 19.4 Å². The molecule has 7 nitrogen and oxygen atoms in total. The molecule has 0 unspecified atom stereocenters. The molecule has 0 aliphatic rings. The van der Waals surface area contributed by atoms with Gasteiger partial charge < -0.3 is 19.9 Å². The highest BCUT2D eigenvalue weighted by Gasteiger charge is 2.07. The molecule has 0 aliphatic carbocycles. The van der Waals surface area contributed by atoms with Crippen molar-refractivity contribution in [2.75, 3.05) is 38.8 Å². The van der Waals surface area contributed by atoms with Crippen LogP contribution in [0.25, 0.3) is 10.9 Å². The second-order valence-electron chi connectivity index (χ2n) is 4.29. The number of nitrogens with one attached hydrogen (secondary N) is 1. The van der Waals surface area contributed by atoms with Gasteiger partial charge in [0.25, 0.3) is 0 Å². The predicted octanol–water partition coefficient (Wildman–Crippen LogP) is 1.40. The van der Waals surface area contributed by atoms with Crippen LogP contribution >= 0.6 is 0 Å². The maximum atomic E-state index is 10.9. The van der Waals surface area contributed by atoms with Gasteiger partial charge in [0, 0.05) is 19.0 Å². The van der Waals surface area contributed by atoms with Gasteiger partial charge in [-0.1, -0.05) is 0 Å². The Bertz CT molecular complexity index is 618. The molecular weight excluding hydrogens is 274 g/mol. The first-order valence-corrected chi connectivity index (χ1v) is 6.51. The van der Waals surface area contributed by atoms with Crippen LogP contribution in [0.2, 0.25) is 0 Å². The van der Waals surface area contributed by atoms with Crippen molar-refractivity contribution in [2.45, 2.75) is 0 Å². The number of benzene rings is 1. The molecule has 112 valence electrons. The number of aromatic carboxylic acids is 1. The summed E-state index contributed by atoms with van der Waals surface area (Å²) in [4.78, 5) is 19.2. The predicted molar refractivity (Wildman–Crippen MR) is 77.7 cm³/mol. The summed E-state index contributed by atoms with van der Waals surface area (Å²) in [5.41, 5.74) is 0.794. The average molecular weight is 291 g/mol. The first-order valence-electron chi connectivity index (χ1n) is 6.51. The molecule has 0 radical (unpaired) electrons. The van der Waals surface area contributed by atoms with Crippen LogP contribution in [0.15, 0.2) is 24.5 Å². The van der Waals surface area contributed by atoms with Crippen LogP contribution in [0.4, 0.5) is 5.82 Å². The monoisotopic (exact) mass is 291 g/mol. The first-order chi connectivity index (χ1) is 10.2. The van der Waals surface area contributed by atoms with E-state index >= 15 is 0 Å². The summed E-state index contributed by atoms with van der Waals surface area (Å²) < 4.78 is 10.2. The largest absolute Gasteiger partial charge is 0.478 e. The molecule has 0 saturated carbocycles. The van der Waals surface area contributed by atoms with Gasteiger partial charge in [0.1, 0.15) is 12.1 Å². The van der Waals surface area contributed by atoms with Gasteiger partial charge in [-0.05, 0) is 18.2 Å². The summed E-state index contributed by atoms with van der Waals surface area (Å²) in [7, 11) is 1.63. The molecule has 21 heavy (non-hydrogen) atoms. The van der Waals surface area contributed by atoms with Crippen molar-refractivity contribution in [3.05, 3.63) is 30.1 Å². The lowest BCUT2D eigenvalue weighted by Crippen LogP contribution is -2.13. The molecule has 0 amide bonds.